The van der Waals surface area contributed by atoms with Crippen LogP contribution in [-0.4, -0.2) is 26.1 Å². The third kappa shape index (κ3) is 4.80. The fourth-order valence-corrected chi connectivity index (χ4v) is 3.93. The lowest BCUT2D eigenvalue weighted by Crippen LogP contribution is -2.35. The second-order valence-electron chi connectivity index (χ2n) is 3.53. The molecule has 1 atom stereocenters. The van der Waals surface area contributed by atoms with Crippen molar-refractivity contribution in [3.05, 3.63) is 0 Å². The maximum Gasteiger partial charge on any atom is 0.193 e. The summed E-state index contributed by atoms with van der Waals surface area (Å²) in [5.74, 6) is 5.55. The maximum atomic E-state index is 8.94. The van der Waals surface area contributed by atoms with Gasteiger partial charge in [0.05, 0.1) is 6.61 Å². The maximum absolute atomic E-state index is 8.94. The Hall–Kier alpha value is -0.303. The van der Waals surface area contributed by atoms with Crippen molar-refractivity contribution in [3.8, 4) is 11.8 Å². The molecule has 82 valence electrons. The molecule has 0 aromatic heterocycles. The average molecular weight is 214 g/mol. The SMILES string of the molecule is CC[Si](CC)(CC)OCC#CC(C)O. The van der Waals surface area contributed by atoms with Gasteiger partial charge in [-0.1, -0.05) is 32.6 Å². The van der Waals surface area contributed by atoms with E-state index >= 15 is 0 Å². The van der Waals surface area contributed by atoms with Crippen LogP contribution < -0.4 is 0 Å². The van der Waals surface area contributed by atoms with E-state index in [2.05, 4.69) is 32.6 Å². The Morgan fingerprint density at radius 3 is 2.07 bits per heavy atom. The van der Waals surface area contributed by atoms with Crippen LogP contribution in [0.3, 0.4) is 0 Å². The lowest BCUT2D eigenvalue weighted by Gasteiger charge is -2.26. The first kappa shape index (κ1) is 13.7. The van der Waals surface area contributed by atoms with Crippen molar-refractivity contribution < 1.29 is 9.53 Å². The minimum Gasteiger partial charge on any atom is -0.406 e. The molecular formula is C11H22O2Si. The number of hydrogen-bond donors (Lipinski definition) is 1. The van der Waals surface area contributed by atoms with E-state index in [1.807, 2.05) is 0 Å². The molecule has 0 fully saturated rings. The van der Waals surface area contributed by atoms with Gasteiger partial charge in [-0.05, 0) is 25.1 Å². The Labute approximate surface area is 88.8 Å². The molecule has 0 radical (unpaired) electrons. The van der Waals surface area contributed by atoms with Crippen molar-refractivity contribution in [2.24, 2.45) is 0 Å². The summed E-state index contributed by atoms with van der Waals surface area (Å²) in [6.07, 6.45) is -0.542. The lowest BCUT2D eigenvalue weighted by molar-refractivity contribution is 0.253. The summed E-state index contributed by atoms with van der Waals surface area (Å²) in [5.41, 5.74) is 0. The van der Waals surface area contributed by atoms with Crippen LogP contribution in [0.1, 0.15) is 27.7 Å². The molecule has 0 aliphatic heterocycles. The molecule has 0 aromatic carbocycles. The summed E-state index contributed by atoms with van der Waals surface area (Å²) in [6.45, 7) is 8.73. The molecule has 0 rings (SSSR count). The number of rotatable bonds is 5. The lowest BCUT2D eigenvalue weighted by atomic mass is 10.4. The molecule has 0 aliphatic carbocycles. The summed E-state index contributed by atoms with van der Waals surface area (Å²) in [6, 6.07) is 3.45. The van der Waals surface area contributed by atoms with Crippen LogP contribution in [0, 0.1) is 11.8 Å². The molecule has 1 unspecified atom stereocenters. The van der Waals surface area contributed by atoms with E-state index in [1.165, 1.54) is 0 Å². The number of aliphatic hydroxyl groups excluding tert-OH is 1. The van der Waals surface area contributed by atoms with E-state index in [9.17, 15) is 0 Å². The van der Waals surface area contributed by atoms with Crippen molar-refractivity contribution >= 4 is 8.32 Å². The molecule has 0 saturated carbocycles. The van der Waals surface area contributed by atoms with Crippen LogP contribution in [0.15, 0.2) is 0 Å². The fourth-order valence-electron chi connectivity index (χ4n) is 1.43. The predicted octanol–water partition coefficient (Wildman–Crippen LogP) is 2.39. The molecule has 14 heavy (non-hydrogen) atoms. The summed E-state index contributed by atoms with van der Waals surface area (Å²) < 4.78 is 5.88. The summed E-state index contributed by atoms with van der Waals surface area (Å²) in [5, 5.41) is 8.94. The minimum atomic E-state index is -1.47. The Morgan fingerprint density at radius 2 is 1.71 bits per heavy atom. The normalized spacial score (nSPS) is 13.2. The van der Waals surface area contributed by atoms with E-state index in [-0.39, 0.29) is 0 Å². The van der Waals surface area contributed by atoms with E-state index < -0.39 is 14.4 Å². The average Bonchev–Trinajstić information content (AvgIpc) is 2.19. The van der Waals surface area contributed by atoms with Gasteiger partial charge < -0.3 is 9.53 Å². The third-order valence-corrected chi connectivity index (χ3v) is 7.32. The van der Waals surface area contributed by atoms with Gasteiger partial charge in [0.2, 0.25) is 0 Å². The zero-order chi connectivity index (χ0) is 11.0. The van der Waals surface area contributed by atoms with Gasteiger partial charge in [0.1, 0.15) is 6.10 Å². The van der Waals surface area contributed by atoms with Crippen LogP contribution in [0.25, 0.3) is 0 Å². The van der Waals surface area contributed by atoms with E-state index in [4.69, 9.17) is 9.53 Å². The van der Waals surface area contributed by atoms with Crippen LogP contribution >= 0.6 is 0 Å². The molecule has 1 N–H and O–H groups in total. The molecule has 0 heterocycles. The topological polar surface area (TPSA) is 29.5 Å². The number of aliphatic hydroxyl groups is 1. The zero-order valence-electron chi connectivity index (χ0n) is 9.76. The third-order valence-electron chi connectivity index (χ3n) is 2.69. The fraction of sp³-hybridized carbons (Fsp3) is 0.818. The van der Waals surface area contributed by atoms with Gasteiger partial charge in [0.15, 0.2) is 8.32 Å². The van der Waals surface area contributed by atoms with Gasteiger partial charge in [-0.3, -0.25) is 0 Å². The van der Waals surface area contributed by atoms with Gasteiger partial charge in [-0.2, -0.15) is 0 Å². The summed E-state index contributed by atoms with van der Waals surface area (Å²) in [7, 11) is -1.47. The minimum absolute atomic E-state index is 0.479. The summed E-state index contributed by atoms with van der Waals surface area (Å²) in [4.78, 5) is 0. The van der Waals surface area contributed by atoms with Gasteiger partial charge in [-0.15, -0.1) is 0 Å². The predicted molar refractivity (Wildman–Crippen MR) is 62.6 cm³/mol. The Kier molecular flexibility index (Phi) is 6.90. The van der Waals surface area contributed by atoms with E-state index in [1.54, 1.807) is 6.92 Å². The molecule has 0 saturated heterocycles. The molecule has 0 amide bonds. The van der Waals surface area contributed by atoms with Crippen LogP contribution in [0.2, 0.25) is 18.1 Å². The highest BCUT2D eigenvalue weighted by atomic mass is 28.4. The molecule has 2 nitrogen and oxygen atoms in total. The van der Waals surface area contributed by atoms with E-state index in [0.717, 1.165) is 18.1 Å². The molecular weight excluding hydrogens is 192 g/mol. The van der Waals surface area contributed by atoms with Crippen molar-refractivity contribution in [1.29, 1.82) is 0 Å². The Bertz CT molecular complexity index is 191. The molecule has 0 aromatic rings. The largest absolute Gasteiger partial charge is 0.406 e. The van der Waals surface area contributed by atoms with Gasteiger partial charge in [0, 0.05) is 0 Å². The first-order valence-corrected chi connectivity index (χ1v) is 7.93. The van der Waals surface area contributed by atoms with Gasteiger partial charge in [0.25, 0.3) is 0 Å². The van der Waals surface area contributed by atoms with Crippen molar-refractivity contribution in [3.63, 3.8) is 0 Å². The van der Waals surface area contributed by atoms with Crippen molar-refractivity contribution in [1.82, 2.24) is 0 Å². The highest BCUT2D eigenvalue weighted by Crippen LogP contribution is 2.20. The van der Waals surface area contributed by atoms with Crippen molar-refractivity contribution in [2.45, 2.75) is 51.9 Å². The van der Waals surface area contributed by atoms with Crippen LogP contribution in [-0.2, 0) is 4.43 Å². The highest BCUT2D eigenvalue weighted by molar-refractivity contribution is 6.73. The highest BCUT2D eigenvalue weighted by Gasteiger charge is 2.27. The van der Waals surface area contributed by atoms with E-state index in [0.29, 0.717) is 6.61 Å². The molecule has 0 spiro atoms. The standard InChI is InChI=1S/C11H22O2Si/c1-5-14(6-2,7-3)13-10-8-9-11(4)12/h11-12H,5-7,10H2,1-4H3. The van der Waals surface area contributed by atoms with Crippen molar-refractivity contribution in [2.75, 3.05) is 6.61 Å². The van der Waals surface area contributed by atoms with Crippen LogP contribution in [0.4, 0.5) is 0 Å². The monoisotopic (exact) mass is 214 g/mol. The Balaban J connectivity index is 4.02. The number of hydrogen-bond acceptors (Lipinski definition) is 2. The Morgan fingerprint density at radius 1 is 1.21 bits per heavy atom. The van der Waals surface area contributed by atoms with Crippen LogP contribution in [0.5, 0.6) is 0 Å². The summed E-state index contributed by atoms with van der Waals surface area (Å²) >= 11 is 0. The quantitative estimate of drug-likeness (QED) is 0.562. The van der Waals surface area contributed by atoms with Gasteiger partial charge >= 0.3 is 0 Å². The second kappa shape index (κ2) is 7.05. The van der Waals surface area contributed by atoms with Gasteiger partial charge in [-0.25, -0.2) is 0 Å². The zero-order valence-corrected chi connectivity index (χ0v) is 10.8. The smallest absolute Gasteiger partial charge is 0.193 e. The molecule has 3 heteroatoms. The molecule has 0 aliphatic rings. The second-order valence-corrected chi connectivity index (χ2v) is 8.31. The molecule has 0 bridgehead atoms. The first-order valence-electron chi connectivity index (χ1n) is 5.40. The first-order chi connectivity index (χ1) is 6.60.